The first-order valence-electron chi connectivity index (χ1n) is 4.16. The molecule has 0 spiro atoms. The Bertz CT molecular complexity index is 282. The summed E-state index contributed by atoms with van der Waals surface area (Å²) in [6.45, 7) is 2.03. The third kappa shape index (κ3) is 2.44. The lowest BCUT2D eigenvalue weighted by Gasteiger charge is -2.11. The molecule has 0 bridgehead atoms. The summed E-state index contributed by atoms with van der Waals surface area (Å²) in [5.74, 6) is -1.54. The van der Waals surface area contributed by atoms with Crippen molar-refractivity contribution in [1.82, 2.24) is 0 Å². The van der Waals surface area contributed by atoms with Crippen LogP contribution in [0.2, 0.25) is 0 Å². The summed E-state index contributed by atoms with van der Waals surface area (Å²) in [5, 5.41) is 0.259. The lowest BCUT2D eigenvalue weighted by molar-refractivity contribution is 0.507. The standard InChI is InChI=1S/C10H12F2S/c1-3-10(13-2)7-4-5-8(11)9(12)6-7/h4-6,10H,3H2,1-2H3. The third-order valence-electron chi connectivity index (χ3n) is 1.97. The van der Waals surface area contributed by atoms with E-state index >= 15 is 0 Å². The van der Waals surface area contributed by atoms with Gasteiger partial charge in [0.1, 0.15) is 0 Å². The molecular formula is C10H12F2S. The van der Waals surface area contributed by atoms with Gasteiger partial charge < -0.3 is 0 Å². The molecule has 1 unspecified atom stereocenters. The lowest BCUT2D eigenvalue weighted by atomic mass is 10.1. The first-order chi connectivity index (χ1) is 6.19. The maximum atomic E-state index is 12.8. The SMILES string of the molecule is CCC(SC)c1ccc(F)c(F)c1. The molecule has 0 saturated carbocycles. The maximum absolute atomic E-state index is 12.8. The van der Waals surface area contributed by atoms with Gasteiger partial charge in [-0.05, 0) is 30.4 Å². The Labute approximate surface area is 81.3 Å². The van der Waals surface area contributed by atoms with E-state index in [-0.39, 0.29) is 5.25 Å². The van der Waals surface area contributed by atoms with Gasteiger partial charge in [-0.1, -0.05) is 13.0 Å². The molecule has 0 aliphatic carbocycles. The summed E-state index contributed by atoms with van der Waals surface area (Å²) in [6, 6.07) is 4.10. The van der Waals surface area contributed by atoms with Crippen LogP contribution in [0.3, 0.4) is 0 Å². The molecule has 0 aliphatic heterocycles. The molecule has 1 atom stereocenters. The minimum Gasteiger partial charge on any atom is -0.204 e. The van der Waals surface area contributed by atoms with Gasteiger partial charge >= 0.3 is 0 Å². The summed E-state index contributed by atoms with van der Waals surface area (Å²) in [4.78, 5) is 0. The molecule has 0 N–H and O–H groups in total. The van der Waals surface area contributed by atoms with E-state index in [0.717, 1.165) is 12.0 Å². The second-order valence-corrected chi connectivity index (χ2v) is 3.85. The van der Waals surface area contributed by atoms with Crippen LogP contribution in [-0.2, 0) is 0 Å². The molecule has 0 nitrogen and oxygen atoms in total. The zero-order valence-electron chi connectivity index (χ0n) is 7.68. The van der Waals surface area contributed by atoms with Gasteiger partial charge in [0.05, 0.1) is 0 Å². The highest BCUT2D eigenvalue weighted by atomic mass is 32.2. The van der Waals surface area contributed by atoms with E-state index in [1.807, 2.05) is 13.2 Å². The van der Waals surface area contributed by atoms with Crippen molar-refractivity contribution in [1.29, 1.82) is 0 Å². The average Bonchev–Trinajstić information content (AvgIpc) is 2.13. The van der Waals surface area contributed by atoms with Crippen molar-refractivity contribution in [3.63, 3.8) is 0 Å². The van der Waals surface area contributed by atoms with Crippen LogP contribution in [0.1, 0.15) is 24.2 Å². The van der Waals surface area contributed by atoms with Gasteiger partial charge in [0, 0.05) is 5.25 Å². The van der Waals surface area contributed by atoms with Crippen LogP contribution in [-0.4, -0.2) is 6.26 Å². The molecule has 1 aromatic rings. The van der Waals surface area contributed by atoms with Gasteiger partial charge in [-0.2, -0.15) is 11.8 Å². The number of halogens is 2. The monoisotopic (exact) mass is 202 g/mol. The fourth-order valence-corrected chi connectivity index (χ4v) is 2.00. The van der Waals surface area contributed by atoms with E-state index in [2.05, 4.69) is 0 Å². The van der Waals surface area contributed by atoms with Crippen molar-refractivity contribution in [2.24, 2.45) is 0 Å². The topological polar surface area (TPSA) is 0 Å². The van der Waals surface area contributed by atoms with Gasteiger partial charge in [0.15, 0.2) is 11.6 Å². The third-order valence-corrected chi connectivity index (χ3v) is 3.15. The van der Waals surface area contributed by atoms with E-state index in [0.29, 0.717) is 0 Å². The van der Waals surface area contributed by atoms with E-state index in [4.69, 9.17) is 0 Å². The largest absolute Gasteiger partial charge is 0.204 e. The highest BCUT2D eigenvalue weighted by Crippen LogP contribution is 2.30. The quantitative estimate of drug-likeness (QED) is 0.718. The minimum atomic E-state index is -0.778. The predicted octanol–water partition coefficient (Wildman–Crippen LogP) is 3.78. The fourth-order valence-electron chi connectivity index (χ4n) is 1.25. The number of thioether (sulfide) groups is 1. The molecular weight excluding hydrogens is 190 g/mol. The normalized spacial score (nSPS) is 12.9. The van der Waals surface area contributed by atoms with E-state index in [1.165, 1.54) is 12.1 Å². The number of hydrogen-bond acceptors (Lipinski definition) is 1. The van der Waals surface area contributed by atoms with Crippen molar-refractivity contribution in [3.05, 3.63) is 35.4 Å². The summed E-state index contributed by atoms with van der Waals surface area (Å²) in [6.07, 6.45) is 2.89. The number of rotatable bonds is 3. The van der Waals surface area contributed by atoms with Gasteiger partial charge in [-0.3, -0.25) is 0 Å². The highest BCUT2D eigenvalue weighted by Gasteiger charge is 2.10. The zero-order valence-corrected chi connectivity index (χ0v) is 8.50. The van der Waals surface area contributed by atoms with Crippen LogP contribution >= 0.6 is 11.8 Å². The Morgan fingerprint density at radius 2 is 2.00 bits per heavy atom. The first-order valence-corrected chi connectivity index (χ1v) is 5.45. The fraction of sp³-hybridized carbons (Fsp3) is 0.400. The van der Waals surface area contributed by atoms with E-state index in [1.54, 1.807) is 17.8 Å². The highest BCUT2D eigenvalue weighted by molar-refractivity contribution is 7.98. The number of benzene rings is 1. The Morgan fingerprint density at radius 1 is 1.31 bits per heavy atom. The summed E-state index contributed by atoms with van der Waals surface area (Å²) in [5.41, 5.74) is 0.855. The molecule has 0 heterocycles. The molecule has 0 aromatic heterocycles. The van der Waals surface area contributed by atoms with Crippen molar-refractivity contribution in [2.45, 2.75) is 18.6 Å². The lowest BCUT2D eigenvalue weighted by Crippen LogP contribution is -1.94. The van der Waals surface area contributed by atoms with Crippen LogP contribution in [0.5, 0.6) is 0 Å². The molecule has 1 rings (SSSR count). The molecule has 0 fully saturated rings. The second-order valence-electron chi connectivity index (χ2n) is 2.81. The summed E-state index contributed by atoms with van der Waals surface area (Å²) >= 11 is 1.65. The van der Waals surface area contributed by atoms with Crippen molar-refractivity contribution >= 4 is 11.8 Å². The van der Waals surface area contributed by atoms with Crippen LogP contribution in [0.25, 0.3) is 0 Å². The Morgan fingerprint density at radius 3 is 2.46 bits per heavy atom. The molecule has 3 heteroatoms. The maximum Gasteiger partial charge on any atom is 0.159 e. The molecule has 0 aliphatic rings. The predicted molar refractivity (Wildman–Crippen MR) is 52.9 cm³/mol. The zero-order chi connectivity index (χ0) is 9.84. The average molecular weight is 202 g/mol. The molecule has 0 amide bonds. The molecule has 0 saturated heterocycles. The van der Waals surface area contributed by atoms with Crippen LogP contribution in [0, 0.1) is 11.6 Å². The van der Waals surface area contributed by atoms with Crippen LogP contribution < -0.4 is 0 Å². The molecule has 13 heavy (non-hydrogen) atoms. The molecule has 0 radical (unpaired) electrons. The van der Waals surface area contributed by atoms with E-state index in [9.17, 15) is 8.78 Å². The van der Waals surface area contributed by atoms with Gasteiger partial charge in [0.25, 0.3) is 0 Å². The molecule has 72 valence electrons. The summed E-state index contributed by atoms with van der Waals surface area (Å²) < 4.78 is 25.4. The van der Waals surface area contributed by atoms with Gasteiger partial charge in [-0.25, -0.2) is 8.78 Å². The van der Waals surface area contributed by atoms with Crippen molar-refractivity contribution < 1.29 is 8.78 Å². The smallest absolute Gasteiger partial charge is 0.159 e. The minimum absolute atomic E-state index is 0.259. The van der Waals surface area contributed by atoms with Gasteiger partial charge in [0.2, 0.25) is 0 Å². The Balaban J connectivity index is 2.95. The van der Waals surface area contributed by atoms with Gasteiger partial charge in [-0.15, -0.1) is 0 Å². The van der Waals surface area contributed by atoms with Crippen LogP contribution in [0.4, 0.5) is 8.78 Å². The van der Waals surface area contributed by atoms with Crippen LogP contribution in [0.15, 0.2) is 18.2 Å². The number of hydrogen-bond donors (Lipinski definition) is 0. The van der Waals surface area contributed by atoms with Crippen molar-refractivity contribution in [2.75, 3.05) is 6.26 Å². The molecule has 1 aromatic carbocycles. The van der Waals surface area contributed by atoms with E-state index < -0.39 is 11.6 Å². The second kappa shape index (κ2) is 4.61. The Hall–Kier alpha value is -0.570. The van der Waals surface area contributed by atoms with Crippen molar-refractivity contribution in [3.8, 4) is 0 Å². The summed E-state index contributed by atoms with van der Waals surface area (Å²) in [7, 11) is 0. The first kappa shape index (κ1) is 10.5. The Kier molecular flexibility index (Phi) is 3.72.